The number of nitrogens with one attached hydrogen (secondary N) is 1. The highest BCUT2D eigenvalue weighted by Gasteiger charge is 2.04. The summed E-state index contributed by atoms with van der Waals surface area (Å²) in [6.45, 7) is 3.18. The van der Waals surface area contributed by atoms with E-state index < -0.39 is 0 Å². The molecule has 2 aromatic carbocycles. The fourth-order valence-electron chi connectivity index (χ4n) is 2.30. The van der Waals surface area contributed by atoms with Crippen LogP contribution in [0.3, 0.4) is 0 Å². The van der Waals surface area contributed by atoms with Gasteiger partial charge in [-0.05, 0) is 63.4 Å². The van der Waals surface area contributed by atoms with Gasteiger partial charge in [0.1, 0.15) is 18.2 Å². The Morgan fingerprint density at radius 2 is 2.00 bits per heavy atom. The second-order valence-electron chi connectivity index (χ2n) is 6.01. The van der Waals surface area contributed by atoms with E-state index in [4.69, 9.17) is 16.3 Å². The molecule has 5 heteroatoms. The average Bonchev–Trinajstić information content (AvgIpc) is 2.54. The normalized spacial score (nSPS) is 11.0. The van der Waals surface area contributed by atoms with E-state index in [1.807, 2.05) is 18.2 Å². The van der Waals surface area contributed by atoms with Crippen molar-refractivity contribution in [3.8, 4) is 5.75 Å². The molecule has 1 N–H and O–H groups in total. The predicted molar refractivity (Wildman–Crippen MR) is 97.1 cm³/mol. The topological polar surface area (TPSA) is 24.5 Å². The maximum Gasteiger partial charge on any atom is 0.124 e. The van der Waals surface area contributed by atoms with Crippen molar-refractivity contribution in [2.45, 2.75) is 19.6 Å². The lowest BCUT2D eigenvalue weighted by molar-refractivity contribution is 0.305. The van der Waals surface area contributed by atoms with Gasteiger partial charge < -0.3 is 15.0 Å². The SMILES string of the molecule is CN(C)CCCNCc1cccc(OCc2ccc(F)cc2Cl)c1. The molecule has 0 heterocycles. The summed E-state index contributed by atoms with van der Waals surface area (Å²) in [6, 6.07) is 12.3. The molecule has 0 saturated heterocycles. The van der Waals surface area contributed by atoms with Crippen LogP contribution in [0, 0.1) is 5.82 Å². The van der Waals surface area contributed by atoms with E-state index in [0.29, 0.717) is 11.6 Å². The van der Waals surface area contributed by atoms with E-state index in [2.05, 4.69) is 30.4 Å². The van der Waals surface area contributed by atoms with Gasteiger partial charge in [0.15, 0.2) is 0 Å². The van der Waals surface area contributed by atoms with Crippen molar-refractivity contribution >= 4 is 11.6 Å². The van der Waals surface area contributed by atoms with Crippen LogP contribution in [0.1, 0.15) is 17.5 Å². The molecule has 0 unspecified atom stereocenters. The molecule has 0 spiro atoms. The number of benzene rings is 2. The highest BCUT2D eigenvalue weighted by molar-refractivity contribution is 6.31. The monoisotopic (exact) mass is 350 g/mol. The Balaban J connectivity index is 1.81. The zero-order valence-electron chi connectivity index (χ0n) is 14.2. The third kappa shape index (κ3) is 6.48. The maximum absolute atomic E-state index is 13.0. The molecular formula is C19H24ClFN2O. The first-order chi connectivity index (χ1) is 11.5. The number of ether oxygens (including phenoxy) is 1. The van der Waals surface area contributed by atoms with Gasteiger partial charge in [0, 0.05) is 12.1 Å². The van der Waals surface area contributed by atoms with Gasteiger partial charge in [-0.15, -0.1) is 0 Å². The van der Waals surface area contributed by atoms with Crippen molar-refractivity contribution < 1.29 is 9.13 Å². The summed E-state index contributed by atoms with van der Waals surface area (Å²) >= 11 is 6.01. The third-order valence-electron chi connectivity index (χ3n) is 3.60. The van der Waals surface area contributed by atoms with E-state index >= 15 is 0 Å². The van der Waals surface area contributed by atoms with Gasteiger partial charge in [0.2, 0.25) is 0 Å². The molecule has 130 valence electrons. The maximum atomic E-state index is 13.0. The lowest BCUT2D eigenvalue weighted by Crippen LogP contribution is -2.20. The summed E-state index contributed by atoms with van der Waals surface area (Å²) in [4.78, 5) is 2.18. The highest BCUT2D eigenvalue weighted by atomic mass is 35.5. The van der Waals surface area contributed by atoms with Crippen molar-refractivity contribution in [2.24, 2.45) is 0 Å². The van der Waals surface area contributed by atoms with Crippen molar-refractivity contribution in [1.82, 2.24) is 10.2 Å². The van der Waals surface area contributed by atoms with Crippen molar-refractivity contribution in [3.63, 3.8) is 0 Å². The number of halogens is 2. The minimum absolute atomic E-state index is 0.318. The molecule has 2 rings (SSSR count). The molecule has 24 heavy (non-hydrogen) atoms. The van der Waals surface area contributed by atoms with Crippen molar-refractivity contribution in [3.05, 3.63) is 64.4 Å². The number of hydrogen-bond acceptors (Lipinski definition) is 3. The first-order valence-electron chi connectivity index (χ1n) is 8.06. The van der Waals surface area contributed by atoms with Crippen LogP contribution in [0.5, 0.6) is 5.75 Å². The second-order valence-corrected chi connectivity index (χ2v) is 6.41. The van der Waals surface area contributed by atoms with Gasteiger partial charge >= 0.3 is 0 Å². The standard InChI is InChI=1S/C19H24ClFN2O/c1-23(2)10-4-9-22-13-15-5-3-6-18(11-15)24-14-16-7-8-17(21)12-19(16)20/h3,5-8,11-12,22H,4,9-10,13-14H2,1-2H3. The zero-order valence-corrected chi connectivity index (χ0v) is 14.9. The average molecular weight is 351 g/mol. The van der Waals surface area contributed by atoms with Crippen LogP contribution in [0.15, 0.2) is 42.5 Å². The first-order valence-corrected chi connectivity index (χ1v) is 8.43. The highest BCUT2D eigenvalue weighted by Crippen LogP contribution is 2.20. The van der Waals surface area contributed by atoms with Gasteiger partial charge in [0.05, 0.1) is 5.02 Å². The molecule has 0 aliphatic rings. The number of rotatable bonds is 9. The predicted octanol–water partition coefficient (Wildman–Crippen LogP) is 4.10. The minimum Gasteiger partial charge on any atom is -0.489 e. The Kier molecular flexibility index (Phi) is 7.50. The molecule has 0 atom stereocenters. The molecule has 0 radical (unpaired) electrons. The van der Waals surface area contributed by atoms with Crippen molar-refractivity contribution in [2.75, 3.05) is 27.2 Å². The van der Waals surface area contributed by atoms with Gasteiger partial charge in [-0.1, -0.05) is 29.8 Å². The molecule has 0 aromatic heterocycles. The van der Waals surface area contributed by atoms with Crippen LogP contribution >= 0.6 is 11.6 Å². The van der Waals surface area contributed by atoms with E-state index in [-0.39, 0.29) is 5.82 Å². The van der Waals surface area contributed by atoms with Gasteiger partial charge in [-0.2, -0.15) is 0 Å². The van der Waals surface area contributed by atoms with Crippen LogP contribution in [0.2, 0.25) is 5.02 Å². The van der Waals surface area contributed by atoms with E-state index in [0.717, 1.165) is 37.4 Å². The summed E-state index contributed by atoms with van der Waals surface area (Å²) in [5.41, 5.74) is 1.94. The second kappa shape index (κ2) is 9.62. The van der Waals surface area contributed by atoms with Crippen LogP contribution < -0.4 is 10.1 Å². The molecule has 0 saturated carbocycles. The van der Waals surface area contributed by atoms with Crippen LogP contribution in [-0.2, 0) is 13.2 Å². The van der Waals surface area contributed by atoms with Gasteiger partial charge in [0.25, 0.3) is 0 Å². The smallest absolute Gasteiger partial charge is 0.124 e. The van der Waals surface area contributed by atoms with Crippen LogP contribution in [0.25, 0.3) is 0 Å². The summed E-state index contributed by atoms with van der Waals surface area (Å²) < 4.78 is 18.8. The minimum atomic E-state index is -0.342. The Morgan fingerprint density at radius 1 is 1.17 bits per heavy atom. The lowest BCUT2D eigenvalue weighted by Gasteiger charge is -2.11. The van der Waals surface area contributed by atoms with Crippen molar-refractivity contribution in [1.29, 1.82) is 0 Å². The summed E-state index contributed by atoms with van der Waals surface area (Å²) in [7, 11) is 4.16. The van der Waals surface area contributed by atoms with Gasteiger partial charge in [-0.25, -0.2) is 4.39 Å². The quantitative estimate of drug-likeness (QED) is 0.689. The molecule has 0 bridgehead atoms. The molecule has 2 aromatic rings. The van der Waals surface area contributed by atoms with Gasteiger partial charge in [-0.3, -0.25) is 0 Å². The third-order valence-corrected chi connectivity index (χ3v) is 3.95. The Morgan fingerprint density at radius 3 is 2.75 bits per heavy atom. The fraction of sp³-hybridized carbons (Fsp3) is 0.368. The van der Waals surface area contributed by atoms with E-state index in [1.165, 1.54) is 17.7 Å². The van der Waals surface area contributed by atoms with E-state index in [1.54, 1.807) is 6.07 Å². The Bertz CT molecular complexity index is 649. The summed E-state index contributed by atoms with van der Waals surface area (Å²) in [5.74, 6) is 0.439. The molecular weight excluding hydrogens is 327 g/mol. The number of nitrogens with zero attached hydrogens (tertiary/aromatic N) is 1. The van der Waals surface area contributed by atoms with E-state index in [9.17, 15) is 4.39 Å². The fourth-order valence-corrected chi connectivity index (χ4v) is 2.52. The molecule has 0 fully saturated rings. The zero-order chi connectivity index (χ0) is 17.4. The largest absolute Gasteiger partial charge is 0.489 e. The van der Waals surface area contributed by atoms with Crippen LogP contribution in [-0.4, -0.2) is 32.1 Å². The molecule has 0 aliphatic carbocycles. The number of hydrogen-bond donors (Lipinski definition) is 1. The van der Waals surface area contributed by atoms with Crippen LogP contribution in [0.4, 0.5) is 4.39 Å². The first kappa shape index (κ1) is 18.7. The summed E-state index contributed by atoms with van der Waals surface area (Å²) in [6.07, 6.45) is 1.12. The Labute approximate surface area is 148 Å². The molecule has 0 aliphatic heterocycles. The lowest BCUT2D eigenvalue weighted by atomic mass is 10.2. The Hall–Kier alpha value is -1.62. The molecule has 0 amide bonds. The molecule has 3 nitrogen and oxygen atoms in total. The summed E-state index contributed by atoms with van der Waals surface area (Å²) in [5, 5.41) is 3.81.